The van der Waals surface area contributed by atoms with E-state index in [4.69, 9.17) is 0 Å². The molecule has 1 amide bonds. The van der Waals surface area contributed by atoms with Crippen molar-refractivity contribution in [3.8, 4) is 17.1 Å². The summed E-state index contributed by atoms with van der Waals surface area (Å²) in [4.78, 5) is 20.0. The number of benzene rings is 1. The zero-order valence-electron chi connectivity index (χ0n) is 12.3. The number of anilines is 1. The summed E-state index contributed by atoms with van der Waals surface area (Å²) >= 11 is 0. The average Bonchev–Trinajstić information content (AvgIpc) is 2.91. The van der Waals surface area contributed by atoms with Gasteiger partial charge in [0.05, 0.1) is 5.56 Å². The van der Waals surface area contributed by atoms with Crippen LogP contribution in [0.15, 0.2) is 30.3 Å². The normalized spacial score (nSPS) is 17.3. The van der Waals surface area contributed by atoms with Crippen LogP contribution in [-0.2, 0) is 4.79 Å². The topological polar surface area (TPSA) is 87.1 Å². The van der Waals surface area contributed by atoms with Crippen molar-refractivity contribution in [2.45, 2.75) is 25.8 Å². The van der Waals surface area contributed by atoms with Crippen LogP contribution in [0.4, 0.5) is 5.82 Å². The Bertz CT molecular complexity index is 702. The van der Waals surface area contributed by atoms with Crippen LogP contribution in [0, 0.1) is 6.92 Å². The first kappa shape index (κ1) is 14.3. The van der Waals surface area contributed by atoms with Crippen molar-refractivity contribution in [3.05, 3.63) is 36.0 Å². The predicted octanol–water partition coefficient (Wildman–Crippen LogP) is 1.85. The summed E-state index contributed by atoms with van der Waals surface area (Å²) in [5, 5.41) is 16.1. The van der Waals surface area contributed by atoms with Crippen molar-refractivity contribution < 1.29 is 9.90 Å². The smallest absolute Gasteiger partial charge is 0.220 e. The van der Waals surface area contributed by atoms with E-state index in [0.29, 0.717) is 30.2 Å². The van der Waals surface area contributed by atoms with Gasteiger partial charge in [0.1, 0.15) is 11.6 Å². The van der Waals surface area contributed by atoms with Gasteiger partial charge >= 0.3 is 0 Å². The zero-order chi connectivity index (χ0) is 15.5. The second kappa shape index (κ2) is 6.01. The first-order valence-corrected chi connectivity index (χ1v) is 7.29. The number of aromatic hydroxyl groups is 1. The number of phenolic OH excluding ortho intramolecular Hbond substituents is 1. The fourth-order valence-corrected chi connectivity index (χ4v) is 2.50. The van der Waals surface area contributed by atoms with Gasteiger partial charge < -0.3 is 15.7 Å². The lowest BCUT2D eigenvalue weighted by Gasteiger charge is -2.13. The quantitative estimate of drug-likeness (QED) is 0.802. The average molecular weight is 298 g/mol. The van der Waals surface area contributed by atoms with Gasteiger partial charge in [-0.05, 0) is 25.5 Å². The minimum absolute atomic E-state index is 0.0977. The Morgan fingerprint density at radius 3 is 2.91 bits per heavy atom. The van der Waals surface area contributed by atoms with Gasteiger partial charge in [0.25, 0.3) is 0 Å². The Morgan fingerprint density at radius 1 is 1.36 bits per heavy atom. The maximum atomic E-state index is 11.2. The van der Waals surface area contributed by atoms with Crippen molar-refractivity contribution in [2.75, 3.05) is 11.9 Å². The lowest BCUT2D eigenvalue weighted by atomic mass is 10.2. The molecule has 0 aliphatic carbocycles. The van der Waals surface area contributed by atoms with Crippen LogP contribution in [0.2, 0.25) is 0 Å². The highest BCUT2D eigenvalue weighted by molar-refractivity contribution is 5.78. The molecular weight excluding hydrogens is 280 g/mol. The fourth-order valence-electron chi connectivity index (χ4n) is 2.50. The lowest BCUT2D eigenvalue weighted by molar-refractivity contribution is -0.119. The highest BCUT2D eigenvalue weighted by Crippen LogP contribution is 2.26. The highest BCUT2D eigenvalue weighted by Gasteiger charge is 2.20. The summed E-state index contributed by atoms with van der Waals surface area (Å²) < 4.78 is 0. The van der Waals surface area contributed by atoms with Crippen LogP contribution in [-0.4, -0.2) is 33.6 Å². The second-order valence-corrected chi connectivity index (χ2v) is 5.42. The Labute approximate surface area is 128 Å². The van der Waals surface area contributed by atoms with E-state index in [1.807, 2.05) is 19.1 Å². The molecule has 1 aliphatic heterocycles. The molecule has 1 aromatic heterocycles. The lowest BCUT2D eigenvalue weighted by Crippen LogP contribution is -2.32. The molecule has 3 N–H and O–H groups in total. The molecule has 0 saturated carbocycles. The number of nitrogens with zero attached hydrogens (tertiary/aromatic N) is 2. The molecule has 6 nitrogen and oxygen atoms in total. The van der Waals surface area contributed by atoms with Gasteiger partial charge in [-0.3, -0.25) is 4.79 Å². The summed E-state index contributed by atoms with van der Waals surface area (Å²) in [5.41, 5.74) is 1.41. The molecule has 2 heterocycles. The van der Waals surface area contributed by atoms with Crippen LogP contribution in [0.5, 0.6) is 5.75 Å². The maximum absolute atomic E-state index is 11.2. The number of phenols is 1. The largest absolute Gasteiger partial charge is 0.507 e. The Morgan fingerprint density at radius 2 is 2.18 bits per heavy atom. The molecule has 22 heavy (non-hydrogen) atoms. The summed E-state index contributed by atoms with van der Waals surface area (Å²) in [6, 6.07) is 8.97. The number of hydrogen-bond acceptors (Lipinski definition) is 5. The van der Waals surface area contributed by atoms with E-state index in [2.05, 4.69) is 20.6 Å². The van der Waals surface area contributed by atoms with Crippen molar-refractivity contribution in [3.63, 3.8) is 0 Å². The third kappa shape index (κ3) is 3.16. The number of hydrogen-bond donors (Lipinski definition) is 3. The Kier molecular flexibility index (Phi) is 3.91. The second-order valence-electron chi connectivity index (χ2n) is 5.42. The molecular formula is C16H18N4O2. The van der Waals surface area contributed by atoms with Crippen molar-refractivity contribution >= 4 is 11.7 Å². The Hall–Kier alpha value is -2.63. The van der Waals surface area contributed by atoms with Gasteiger partial charge in [-0.15, -0.1) is 0 Å². The molecule has 114 valence electrons. The summed E-state index contributed by atoms with van der Waals surface area (Å²) in [5.74, 6) is 1.42. The molecule has 6 heteroatoms. The van der Waals surface area contributed by atoms with Gasteiger partial charge in [0, 0.05) is 30.8 Å². The minimum atomic E-state index is 0.0977. The van der Waals surface area contributed by atoms with E-state index in [1.165, 1.54) is 0 Å². The number of aryl methyl sites for hydroxylation is 1. The van der Waals surface area contributed by atoms with Crippen molar-refractivity contribution in [2.24, 2.45) is 0 Å². The first-order chi connectivity index (χ1) is 10.6. The van der Waals surface area contributed by atoms with Crippen LogP contribution in [0.3, 0.4) is 0 Å². The van der Waals surface area contributed by atoms with Gasteiger partial charge in [-0.2, -0.15) is 0 Å². The molecule has 0 bridgehead atoms. The number of carbonyl (C=O) groups is 1. The predicted molar refractivity (Wildman–Crippen MR) is 83.5 cm³/mol. The first-order valence-electron chi connectivity index (χ1n) is 7.29. The van der Waals surface area contributed by atoms with E-state index in [1.54, 1.807) is 18.2 Å². The third-order valence-electron chi connectivity index (χ3n) is 3.61. The highest BCUT2D eigenvalue weighted by atomic mass is 16.3. The molecule has 0 spiro atoms. The number of para-hydroxylation sites is 1. The van der Waals surface area contributed by atoms with Gasteiger partial charge in [0.15, 0.2) is 5.82 Å². The van der Waals surface area contributed by atoms with Gasteiger partial charge in [-0.1, -0.05) is 12.1 Å². The summed E-state index contributed by atoms with van der Waals surface area (Å²) in [6.45, 7) is 2.51. The molecule has 1 saturated heterocycles. The molecule has 2 aromatic rings. The van der Waals surface area contributed by atoms with Crippen LogP contribution >= 0.6 is 0 Å². The molecule has 1 atom stereocenters. The van der Waals surface area contributed by atoms with Gasteiger partial charge in [0.2, 0.25) is 5.91 Å². The van der Waals surface area contributed by atoms with Crippen LogP contribution < -0.4 is 10.6 Å². The molecule has 0 radical (unpaired) electrons. The molecule has 1 aliphatic rings. The van der Waals surface area contributed by atoms with Gasteiger partial charge in [-0.25, -0.2) is 9.97 Å². The number of rotatable bonds is 4. The van der Waals surface area contributed by atoms with Crippen molar-refractivity contribution in [1.82, 2.24) is 15.3 Å². The Balaban J connectivity index is 1.78. The number of amides is 1. The van der Waals surface area contributed by atoms with Crippen LogP contribution in [0.25, 0.3) is 11.4 Å². The standard InChI is InChI=1S/C16H18N4O2/c1-10-8-14(17-9-11-6-7-15(22)19-11)20-16(18-10)12-4-2-3-5-13(12)21/h2-5,8,11,21H,6-7,9H2,1H3,(H,19,22)(H,17,18,20)/t11-/m1/s1. The summed E-state index contributed by atoms with van der Waals surface area (Å²) in [7, 11) is 0. The zero-order valence-corrected chi connectivity index (χ0v) is 12.3. The van der Waals surface area contributed by atoms with E-state index in [0.717, 1.165) is 12.1 Å². The monoisotopic (exact) mass is 298 g/mol. The fraction of sp³-hybridized carbons (Fsp3) is 0.312. The molecule has 1 fully saturated rings. The minimum Gasteiger partial charge on any atom is -0.507 e. The molecule has 0 unspecified atom stereocenters. The third-order valence-corrected chi connectivity index (χ3v) is 3.61. The van der Waals surface area contributed by atoms with Crippen molar-refractivity contribution in [1.29, 1.82) is 0 Å². The SMILES string of the molecule is Cc1cc(NC[C@H]2CCC(=O)N2)nc(-c2ccccc2O)n1. The van der Waals surface area contributed by atoms with E-state index < -0.39 is 0 Å². The van der Waals surface area contributed by atoms with E-state index in [9.17, 15) is 9.90 Å². The number of carbonyl (C=O) groups excluding carboxylic acids is 1. The number of aromatic nitrogens is 2. The maximum Gasteiger partial charge on any atom is 0.220 e. The van der Waals surface area contributed by atoms with E-state index in [-0.39, 0.29) is 17.7 Å². The number of nitrogens with one attached hydrogen (secondary N) is 2. The summed E-state index contributed by atoms with van der Waals surface area (Å²) in [6.07, 6.45) is 1.42. The van der Waals surface area contributed by atoms with Crippen LogP contribution in [0.1, 0.15) is 18.5 Å². The molecule has 1 aromatic carbocycles. The van der Waals surface area contributed by atoms with E-state index >= 15 is 0 Å². The molecule has 3 rings (SSSR count).